The molecule has 0 bridgehead atoms. The minimum atomic E-state index is -1.14. The predicted molar refractivity (Wildman–Crippen MR) is 64.2 cm³/mol. The summed E-state index contributed by atoms with van der Waals surface area (Å²) in [5.41, 5.74) is -0.145. The van der Waals surface area contributed by atoms with Crippen molar-refractivity contribution in [3.63, 3.8) is 0 Å². The average molecular weight is 263 g/mol. The van der Waals surface area contributed by atoms with Crippen LogP contribution in [0.5, 0.6) is 0 Å². The molecule has 90 valence electrons. The van der Waals surface area contributed by atoms with E-state index in [1.165, 1.54) is 29.5 Å². The summed E-state index contributed by atoms with van der Waals surface area (Å²) in [6.45, 7) is 0. The molecule has 3 rings (SSSR count). The van der Waals surface area contributed by atoms with Crippen LogP contribution >= 0.6 is 11.3 Å². The molecule has 0 saturated heterocycles. The molecule has 0 aliphatic heterocycles. The first kappa shape index (κ1) is 10.9. The molecule has 0 radical (unpaired) electrons. The molecule has 18 heavy (non-hydrogen) atoms. The van der Waals surface area contributed by atoms with E-state index in [9.17, 15) is 9.18 Å². The fraction of sp³-hybridized carbons (Fsp3) is 0. The lowest BCUT2D eigenvalue weighted by Gasteiger charge is -1.86. The van der Waals surface area contributed by atoms with Crippen molar-refractivity contribution in [2.45, 2.75) is 0 Å². The molecular formula is C12H6FNO3S. The van der Waals surface area contributed by atoms with E-state index in [1.54, 1.807) is 12.1 Å². The largest absolute Gasteiger partial charge is 0.476 e. The normalized spacial score (nSPS) is 10.9. The molecule has 0 fully saturated rings. The smallest absolute Gasteiger partial charge is 0.358 e. The van der Waals surface area contributed by atoms with E-state index in [0.29, 0.717) is 5.76 Å². The van der Waals surface area contributed by atoms with Crippen LogP contribution in [-0.2, 0) is 0 Å². The van der Waals surface area contributed by atoms with Gasteiger partial charge in [0.2, 0.25) is 0 Å². The number of carbonyl (C=O) groups is 1. The van der Waals surface area contributed by atoms with Gasteiger partial charge >= 0.3 is 5.97 Å². The highest BCUT2D eigenvalue weighted by molar-refractivity contribution is 7.22. The SMILES string of the molecule is O=C(O)c1cc(-c2cc3cc(F)ccc3s2)on1. The second kappa shape index (κ2) is 3.92. The summed E-state index contributed by atoms with van der Waals surface area (Å²) in [6, 6.07) is 7.57. The van der Waals surface area contributed by atoms with Crippen molar-refractivity contribution in [2.24, 2.45) is 0 Å². The van der Waals surface area contributed by atoms with Gasteiger partial charge in [0.25, 0.3) is 0 Å². The molecule has 0 aliphatic rings. The summed E-state index contributed by atoms with van der Waals surface area (Å²) in [6.07, 6.45) is 0. The maximum atomic E-state index is 13.0. The lowest BCUT2D eigenvalue weighted by Crippen LogP contribution is -1.94. The molecule has 2 heterocycles. The zero-order valence-electron chi connectivity index (χ0n) is 8.88. The lowest BCUT2D eigenvalue weighted by atomic mass is 10.2. The second-order valence-corrected chi connectivity index (χ2v) is 4.76. The summed E-state index contributed by atoms with van der Waals surface area (Å²) in [7, 11) is 0. The van der Waals surface area contributed by atoms with Gasteiger partial charge in [0.1, 0.15) is 5.82 Å². The third kappa shape index (κ3) is 1.76. The number of rotatable bonds is 2. The summed E-state index contributed by atoms with van der Waals surface area (Å²) >= 11 is 1.39. The standard InChI is InChI=1S/C12H6FNO3S/c13-7-1-2-10-6(3-7)4-11(18-10)9-5-8(12(15)16)14-17-9/h1-5H,(H,15,16). The van der Waals surface area contributed by atoms with Gasteiger partial charge in [-0.2, -0.15) is 0 Å². The summed E-state index contributed by atoms with van der Waals surface area (Å²) in [4.78, 5) is 11.4. The van der Waals surface area contributed by atoms with Crippen LogP contribution in [0.1, 0.15) is 10.5 Å². The Morgan fingerprint density at radius 3 is 2.89 bits per heavy atom. The van der Waals surface area contributed by atoms with E-state index in [1.807, 2.05) is 0 Å². The zero-order valence-corrected chi connectivity index (χ0v) is 9.70. The Balaban J connectivity index is 2.10. The molecule has 6 heteroatoms. The van der Waals surface area contributed by atoms with Crippen LogP contribution in [0.2, 0.25) is 0 Å². The van der Waals surface area contributed by atoms with Gasteiger partial charge in [-0.25, -0.2) is 9.18 Å². The van der Waals surface area contributed by atoms with Crippen molar-refractivity contribution < 1.29 is 18.8 Å². The Hall–Kier alpha value is -2.21. The zero-order chi connectivity index (χ0) is 12.7. The number of thiophene rings is 1. The number of fused-ring (bicyclic) bond motifs is 1. The minimum absolute atomic E-state index is 0.145. The Kier molecular flexibility index (Phi) is 2.38. The number of benzene rings is 1. The fourth-order valence-electron chi connectivity index (χ4n) is 1.63. The van der Waals surface area contributed by atoms with E-state index in [4.69, 9.17) is 9.63 Å². The highest BCUT2D eigenvalue weighted by atomic mass is 32.1. The number of hydrogen-bond acceptors (Lipinski definition) is 4. The van der Waals surface area contributed by atoms with Crippen LogP contribution in [0.4, 0.5) is 4.39 Å². The number of halogens is 1. The fourth-order valence-corrected chi connectivity index (χ4v) is 2.62. The minimum Gasteiger partial charge on any atom is -0.476 e. The Bertz CT molecular complexity index is 747. The quantitative estimate of drug-likeness (QED) is 0.769. The third-order valence-electron chi connectivity index (χ3n) is 2.45. The highest BCUT2D eigenvalue weighted by Crippen LogP contribution is 2.34. The third-order valence-corrected chi connectivity index (χ3v) is 3.58. The summed E-state index contributed by atoms with van der Waals surface area (Å²) in [5.74, 6) is -1.08. The molecule has 3 aromatic rings. The Morgan fingerprint density at radius 2 is 2.17 bits per heavy atom. The van der Waals surface area contributed by atoms with E-state index < -0.39 is 5.97 Å². The van der Waals surface area contributed by atoms with E-state index in [-0.39, 0.29) is 11.5 Å². The first-order valence-corrected chi connectivity index (χ1v) is 5.84. The highest BCUT2D eigenvalue weighted by Gasteiger charge is 2.14. The number of nitrogens with zero attached hydrogens (tertiary/aromatic N) is 1. The van der Waals surface area contributed by atoms with Gasteiger partial charge in [0, 0.05) is 10.8 Å². The van der Waals surface area contributed by atoms with Crippen LogP contribution in [-0.4, -0.2) is 16.2 Å². The van der Waals surface area contributed by atoms with Gasteiger partial charge in [0.05, 0.1) is 4.88 Å². The molecule has 4 nitrogen and oxygen atoms in total. The first-order valence-electron chi connectivity index (χ1n) is 5.03. The van der Waals surface area contributed by atoms with Crippen LogP contribution in [0, 0.1) is 5.82 Å². The van der Waals surface area contributed by atoms with Gasteiger partial charge < -0.3 is 9.63 Å². The summed E-state index contributed by atoms with van der Waals surface area (Å²) < 4.78 is 18.9. The van der Waals surface area contributed by atoms with Gasteiger partial charge in [0.15, 0.2) is 11.5 Å². The monoisotopic (exact) mass is 263 g/mol. The topological polar surface area (TPSA) is 63.3 Å². The van der Waals surface area contributed by atoms with Gasteiger partial charge in [-0.05, 0) is 29.7 Å². The van der Waals surface area contributed by atoms with Gasteiger partial charge in [-0.15, -0.1) is 11.3 Å². The number of hydrogen-bond donors (Lipinski definition) is 1. The molecule has 0 unspecified atom stereocenters. The molecule has 0 amide bonds. The van der Waals surface area contributed by atoms with Crippen LogP contribution in [0.3, 0.4) is 0 Å². The summed E-state index contributed by atoms with van der Waals surface area (Å²) in [5, 5.41) is 12.9. The molecule has 1 N–H and O–H groups in total. The van der Waals surface area contributed by atoms with Gasteiger partial charge in [-0.3, -0.25) is 0 Å². The van der Waals surface area contributed by atoms with Crippen LogP contribution in [0.25, 0.3) is 20.7 Å². The molecule has 0 spiro atoms. The van der Waals surface area contributed by atoms with Gasteiger partial charge in [-0.1, -0.05) is 5.16 Å². The average Bonchev–Trinajstić information content (AvgIpc) is 2.93. The number of carboxylic acids is 1. The Labute approximate surface area is 104 Å². The van der Waals surface area contributed by atoms with E-state index >= 15 is 0 Å². The molecule has 2 aromatic heterocycles. The maximum Gasteiger partial charge on any atom is 0.358 e. The van der Waals surface area contributed by atoms with E-state index in [0.717, 1.165) is 15.0 Å². The molecule has 0 aliphatic carbocycles. The first-order chi connectivity index (χ1) is 8.63. The van der Waals surface area contributed by atoms with E-state index in [2.05, 4.69) is 5.16 Å². The van der Waals surface area contributed by atoms with Crippen LogP contribution in [0.15, 0.2) is 34.9 Å². The maximum absolute atomic E-state index is 13.0. The number of carboxylic acid groups (broad SMARTS) is 1. The lowest BCUT2D eigenvalue weighted by molar-refractivity contribution is 0.0686. The number of aromatic nitrogens is 1. The second-order valence-electron chi connectivity index (χ2n) is 3.67. The van der Waals surface area contributed by atoms with Crippen molar-refractivity contribution in [3.8, 4) is 10.6 Å². The van der Waals surface area contributed by atoms with Crippen LogP contribution < -0.4 is 0 Å². The Morgan fingerprint density at radius 1 is 1.33 bits per heavy atom. The van der Waals surface area contributed by atoms with Crippen molar-refractivity contribution in [1.29, 1.82) is 0 Å². The van der Waals surface area contributed by atoms with Crippen molar-refractivity contribution in [1.82, 2.24) is 5.16 Å². The molecule has 1 aromatic carbocycles. The molecule has 0 atom stereocenters. The van der Waals surface area contributed by atoms with Crippen molar-refractivity contribution in [2.75, 3.05) is 0 Å². The predicted octanol–water partition coefficient (Wildman–Crippen LogP) is 3.39. The molecule has 0 saturated carbocycles. The number of aromatic carboxylic acids is 1. The van der Waals surface area contributed by atoms with Crippen molar-refractivity contribution in [3.05, 3.63) is 41.8 Å². The molecular weight excluding hydrogens is 257 g/mol. The van der Waals surface area contributed by atoms with Crippen molar-refractivity contribution >= 4 is 27.4 Å².